The molecule has 0 fully saturated rings. The van der Waals surface area contributed by atoms with E-state index in [0.29, 0.717) is 12.1 Å². The van der Waals surface area contributed by atoms with Crippen LogP contribution >= 0.6 is 0 Å². The van der Waals surface area contributed by atoms with Gasteiger partial charge in [0.25, 0.3) is 5.91 Å². The molecular weight excluding hydrogens is 223 g/mol. The minimum Gasteiger partial charge on any atom is -0.394 e. The van der Waals surface area contributed by atoms with E-state index in [1.807, 2.05) is 0 Å². The smallest absolute Gasteiger partial charge is 0.272 e. The molecule has 1 heterocycles. The third-order valence-electron chi connectivity index (χ3n) is 1.71. The predicted molar refractivity (Wildman–Crippen MR) is 61.0 cm³/mol. The van der Waals surface area contributed by atoms with Gasteiger partial charge in [0.05, 0.1) is 0 Å². The molecule has 7 heteroatoms. The van der Waals surface area contributed by atoms with Crippen LogP contribution in [0.1, 0.15) is 0 Å². The van der Waals surface area contributed by atoms with Gasteiger partial charge in [-0.2, -0.15) is 0 Å². The summed E-state index contributed by atoms with van der Waals surface area (Å²) in [6, 6.07) is 3.26. The van der Waals surface area contributed by atoms with Gasteiger partial charge in [-0.1, -0.05) is 10.5 Å². The quantitative estimate of drug-likeness (QED) is 0.331. The van der Waals surface area contributed by atoms with Crippen LogP contribution in [0.5, 0.6) is 0 Å². The Morgan fingerprint density at radius 2 is 2.19 bits per heavy atom. The fourth-order valence-corrected chi connectivity index (χ4v) is 1.05. The van der Waals surface area contributed by atoms with Crippen molar-refractivity contribution in [1.29, 1.82) is 0 Å². The number of nitrogens with one attached hydrogen (secondary N) is 1. The van der Waals surface area contributed by atoms with E-state index in [0.717, 1.165) is 10.5 Å². The molecule has 1 amide bonds. The maximum atomic E-state index is 11.3. The zero-order valence-corrected chi connectivity index (χ0v) is 9.46. The topological polar surface area (TPSA) is 111 Å². The first-order chi connectivity index (χ1) is 7.54. The van der Waals surface area contributed by atoms with Gasteiger partial charge in [0.15, 0.2) is 16.3 Å². The average molecular weight is 232 g/mol. The number of aromatic nitrogens is 1. The zero-order chi connectivity index (χ0) is 12.1. The van der Waals surface area contributed by atoms with Gasteiger partial charge in [0.2, 0.25) is 0 Å². The average Bonchev–Trinajstić information content (AvgIpc) is 2.24. The molecule has 2 radical (unpaired) electrons. The highest BCUT2D eigenvalue weighted by Crippen LogP contribution is 2.04. The molecular formula is C9H9AlN4O2. The largest absolute Gasteiger partial charge is 0.394 e. The van der Waals surface area contributed by atoms with Crippen molar-refractivity contribution in [2.45, 2.75) is 0 Å². The highest BCUT2D eigenvalue weighted by molar-refractivity contribution is 6.35. The third kappa shape index (κ3) is 3.09. The van der Waals surface area contributed by atoms with Crippen molar-refractivity contribution in [3.05, 3.63) is 23.9 Å². The van der Waals surface area contributed by atoms with Crippen molar-refractivity contribution in [3.8, 4) is 0 Å². The maximum absolute atomic E-state index is 11.3. The molecule has 1 aromatic rings. The van der Waals surface area contributed by atoms with Crippen molar-refractivity contribution < 1.29 is 9.59 Å². The number of nitrogens with two attached hydrogens (primary N) is 2. The molecule has 0 saturated heterocycles. The Hall–Kier alpha value is -1.84. The number of allylic oxidation sites excluding steroid dienone is 1. The van der Waals surface area contributed by atoms with Crippen LogP contribution in [0.25, 0.3) is 0 Å². The van der Waals surface area contributed by atoms with Gasteiger partial charge in [0.1, 0.15) is 23.6 Å². The van der Waals surface area contributed by atoms with E-state index in [2.05, 4.69) is 26.6 Å². The van der Waals surface area contributed by atoms with Crippen LogP contribution in [0.3, 0.4) is 0 Å². The number of amides is 1. The molecule has 0 atom stereocenters. The Morgan fingerprint density at radius 1 is 1.50 bits per heavy atom. The molecule has 0 aliphatic rings. The van der Waals surface area contributed by atoms with E-state index in [1.165, 1.54) is 0 Å². The van der Waals surface area contributed by atoms with E-state index in [-0.39, 0.29) is 11.5 Å². The lowest BCUT2D eigenvalue weighted by Crippen LogP contribution is -2.22. The Morgan fingerprint density at radius 3 is 2.75 bits per heavy atom. The second-order valence-electron chi connectivity index (χ2n) is 2.88. The number of hydrogen-bond acceptors (Lipinski definition) is 5. The lowest BCUT2D eigenvalue weighted by molar-refractivity contribution is -0.113. The molecule has 0 unspecified atom stereocenters. The summed E-state index contributed by atoms with van der Waals surface area (Å²) in [6.45, 7) is 0. The molecule has 0 aromatic carbocycles. The number of hydrogen-bond donors (Lipinski definition) is 3. The second-order valence-corrected chi connectivity index (χ2v) is 3.51. The van der Waals surface area contributed by atoms with Gasteiger partial charge < -0.3 is 16.8 Å². The van der Waals surface area contributed by atoms with Gasteiger partial charge in [-0.15, -0.1) is 0 Å². The molecule has 0 aliphatic heterocycles. The lowest BCUT2D eigenvalue weighted by Gasteiger charge is -2.06. The van der Waals surface area contributed by atoms with Crippen molar-refractivity contribution >= 4 is 44.5 Å². The molecule has 1 rings (SSSR count). The molecule has 16 heavy (non-hydrogen) atoms. The van der Waals surface area contributed by atoms with Gasteiger partial charge in [-0.25, -0.2) is 4.98 Å². The minimum absolute atomic E-state index is 0.190. The van der Waals surface area contributed by atoms with Crippen molar-refractivity contribution in [3.63, 3.8) is 0 Å². The second kappa shape index (κ2) is 5.30. The first-order valence-electron chi connectivity index (χ1n) is 4.29. The van der Waals surface area contributed by atoms with Crippen LogP contribution in [0.4, 0.5) is 11.6 Å². The van der Waals surface area contributed by atoms with Crippen molar-refractivity contribution in [2.75, 3.05) is 11.1 Å². The number of pyridine rings is 1. The molecule has 0 saturated carbocycles. The number of aldehydes is 1. The Bertz CT molecular complexity index is 459. The van der Waals surface area contributed by atoms with E-state index in [4.69, 9.17) is 11.5 Å². The van der Waals surface area contributed by atoms with Gasteiger partial charge in [-0.05, 0) is 6.07 Å². The summed E-state index contributed by atoms with van der Waals surface area (Å²) in [6.07, 6.45) is 1.39. The number of rotatable bonds is 3. The number of carbonyl (C=O) groups is 2. The Labute approximate surface area is 100 Å². The molecule has 0 bridgehead atoms. The lowest BCUT2D eigenvalue weighted by atomic mass is 10.3. The molecule has 0 aliphatic carbocycles. The molecule has 5 N–H and O–H groups in total. The standard InChI is InChI=1S/C9H9N4O2.Al/c10-6(4-5-14)9(15)13-8-3-1-2-7(11)12-8;/h1,3-5H,10H2,(H3,11,12,13,15);. The van der Waals surface area contributed by atoms with Crippen LogP contribution in [0.15, 0.2) is 23.9 Å². The van der Waals surface area contributed by atoms with Crippen LogP contribution < -0.4 is 21.2 Å². The van der Waals surface area contributed by atoms with E-state index in [9.17, 15) is 9.59 Å². The maximum Gasteiger partial charge on any atom is 0.272 e. The first-order valence-corrected chi connectivity index (χ1v) is 4.86. The highest BCUT2D eigenvalue weighted by atomic mass is 27.0. The fraction of sp³-hybridized carbons (Fsp3) is 0. The predicted octanol–water partition coefficient (Wildman–Crippen LogP) is -1.56. The van der Waals surface area contributed by atoms with Crippen molar-refractivity contribution in [2.24, 2.45) is 5.73 Å². The number of nitrogens with zero attached hydrogens (tertiary/aromatic N) is 1. The zero-order valence-electron chi connectivity index (χ0n) is 8.31. The summed E-state index contributed by atoms with van der Waals surface area (Å²) in [7, 11) is 0. The normalized spacial score (nSPS) is 10.9. The summed E-state index contributed by atoms with van der Waals surface area (Å²) < 4.78 is 0.731. The fourth-order valence-electron chi connectivity index (χ4n) is 0.893. The van der Waals surface area contributed by atoms with Crippen LogP contribution in [0, 0.1) is 0 Å². The number of nitrogen functional groups attached to an aromatic ring is 1. The van der Waals surface area contributed by atoms with Crippen LogP contribution in [-0.4, -0.2) is 33.5 Å². The highest BCUT2D eigenvalue weighted by Gasteiger charge is 2.06. The Balaban J connectivity index is 2.81. The van der Waals surface area contributed by atoms with Crippen LogP contribution in [0.2, 0.25) is 0 Å². The summed E-state index contributed by atoms with van der Waals surface area (Å²) in [5.41, 5.74) is 10.7. The molecule has 0 spiro atoms. The molecule has 6 nitrogen and oxygen atoms in total. The summed E-state index contributed by atoms with van der Waals surface area (Å²) in [5.74, 6) is -0.0350. The third-order valence-corrected chi connectivity index (χ3v) is 2.20. The first kappa shape index (κ1) is 12.2. The SMILES string of the molecule is NC(=CC=O)C(=O)Nc1cc[c]([Al])c(N)n1. The Kier molecular flexibility index (Phi) is 4.05. The van der Waals surface area contributed by atoms with E-state index >= 15 is 0 Å². The summed E-state index contributed by atoms with van der Waals surface area (Å²) in [4.78, 5) is 25.4. The van der Waals surface area contributed by atoms with E-state index < -0.39 is 5.91 Å². The van der Waals surface area contributed by atoms with E-state index in [1.54, 1.807) is 12.1 Å². The van der Waals surface area contributed by atoms with Crippen molar-refractivity contribution in [1.82, 2.24) is 4.98 Å². The summed E-state index contributed by atoms with van der Waals surface area (Å²) in [5, 5.41) is 2.40. The van der Waals surface area contributed by atoms with Gasteiger partial charge in [-0.3, -0.25) is 9.59 Å². The summed E-state index contributed by atoms with van der Waals surface area (Å²) >= 11 is 2.41. The van der Waals surface area contributed by atoms with Gasteiger partial charge >= 0.3 is 0 Å². The number of carbonyl (C=O) groups excluding carboxylic acids is 2. The van der Waals surface area contributed by atoms with Crippen LogP contribution in [-0.2, 0) is 9.59 Å². The number of anilines is 2. The minimum atomic E-state index is -0.601. The molecule has 80 valence electrons. The van der Waals surface area contributed by atoms with Gasteiger partial charge in [0, 0.05) is 6.08 Å². The monoisotopic (exact) mass is 232 g/mol. The molecule has 1 aromatic heterocycles.